The molecule has 1 heterocycles. The fourth-order valence-electron chi connectivity index (χ4n) is 7.69. The minimum Gasteiger partial charge on any atom is -1.00 e. The van der Waals surface area contributed by atoms with Crippen LogP contribution in [0.15, 0.2) is 83.9 Å². The normalized spacial score (nSPS) is 20.2. The number of rotatable bonds is 4. The molecule has 0 saturated carbocycles. The van der Waals surface area contributed by atoms with Crippen LogP contribution in [0.3, 0.4) is 0 Å². The van der Waals surface area contributed by atoms with Crippen LogP contribution in [0.5, 0.6) is 0 Å². The van der Waals surface area contributed by atoms with Crippen LogP contribution in [0.4, 0.5) is 0 Å². The second-order valence-electron chi connectivity index (χ2n) is 10.7. The van der Waals surface area contributed by atoms with Gasteiger partial charge in [-0.15, -0.1) is 0 Å². The fourth-order valence-corrected chi connectivity index (χ4v) is 30.9. The quantitative estimate of drug-likeness (QED) is 0.289. The smallest absolute Gasteiger partial charge is 1.00 e. The van der Waals surface area contributed by atoms with Crippen molar-refractivity contribution in [3.05, 3.63) is 106 Å². The van der Waals surface area contributed by atoms with Crippen LogP contribution in [-0.4, -0.2) is 0 Å². The van der Waals surface area contributed by atoms with E-state index >= 15 is 0 Å². The molecule has 1 saturated heterocycles. The van der Waals surface area contributed by atoms with Crippen LogP contribution in [0.25, 0.3) is 33.7 Å². The SMILES string of the molecule is CCC1=Cc2c(ccc3ccccc23)[CH]1[Hf+2]1([CH]2C(CC)=Cc3c2ccc2ccccc32)[CH2]C[CH2]1.[Cl-].[Cl-]. The molecule has 7 rings (SSSR count). The average Bonchev–Trinajstić information content (AvgIpc) is 3.43. The zero-order valence-corrected chi connectivity index (χ0v) is 26.1. The Morgan fingerprint density at radius 3 is 1.44 bits per heavy atom. The number of fused-ring (bicyclic) bond motifs is 6. The van der Waals surface area contributed by atoms with Crippen molar-refractivity contribution in [3.8, 4) is 0 Å². The van der Waals surface area contributed by atoms with Crippen LogP contribution in [0.1, 0.15) is 62.7 Å². The fraction of sp³-hybridized carbons (Fsp3) is 0.273. The number of benzene rings is 4. The Bertz CT molecular complexity index is 1410. The first-order valence-electron chi connectivity index (χ1n) is 13.2. The molecule has 0 amide bonds. The summed E-state index contributed by atoms with van der Waals surface area (Å²) >= 11 is -2.83. The van der Waals surface area contributed by atoms with E-state index in [2.05, 4.69) is 98.8 Å². The van der Waals surface area contributed by atoms with Crippen molar-refractivity contribution >= 4 is 33.7 Å². The third-order valence-electron chi connectivity index (χ3n) is 9.28. The van der Waals surface area contributed by atoms with Gasteiger partial charge >= 0.3 is 209 Å². The van der Waals surface area contributed by atoms with Gasteiger partial charge in [0.15, 0.2) is 0 Å². The zero-order valence-electron chi connectivity index (χ0n) is 21.0. The monoisotopic (exact) mass is 678 g/mol. The molecule has 182 valence electrons. The van der Waals surface area contributed by atoms with Crippen molar-refractivity contribution in [2.75, 3.05) is 0 Å². The van der Waals surface area contributed by atoms with E-state index < -0.39 is 20.0 Å². The summed E-state index contributed by atoms with van der Waals surface area (Å²) in [6.45, 7) is 4.81. The number of allylic oxidation sites excluding steroid dienone is 2. The molecule has 1 fully saturated rings. The van der Waals surface area contributed by atoms with Crippen molar-refractivity contribution in [2.45, 2.75) is 48.8 Å². The molecule has 0 aromatic heterocycles. The molecule has 3 aliphatic rings. The van der Waals surface area contributed by atoms with Crippen LogP contribution < -0.4 is 24.8 Å². The minimum atomic E-state index is -2.83. The van der Waals surface area contributed by atoms with Gasteiger partial charge in [0.05, 0.1) is 0 Å². The van der Waals surface area contributed by atoms with Crippen molar-refractivity contribution < 1.29 is 44.8 Å². The van der Waals surface area contributed by atoms with Crippen LogP contribution in [-0.2, 0) is 20.0 Å². The van der Waals surface area contributed by atoms with Gasteiger partial charge in [0.2, 0.25) is 0 Å². The first-order chi connectivity index (χ1) is 16.7. The molecule has 1 aliphatic heterocycles. The maximum absolute atomic E-state index is 2.83. The summed E-state index contributed by atoms with van der Waals surface area (Å²) in [5.74, 6) is 0. The Kier molecular flexibility index (Phi) is 7.14. The van der Waals surface area contributed by atoms with Crippen molar-refractivity contribution in [1.82, 2.24) is 0 Å². The summed E-state index contributed by atoms with van der Waals surface area (Å²) < 4.78 is 4.61. The summed E-state index contributed by atoms with van der Waals surface area (Å²) in [4.78, 5) is 0. The van der Waals surface area contributed by atoms with E-state index in [0.29, 0.717) is 0 Å². The van der Waals surface area contributed by atoms with Gasteiger partial charge in [-0.2, -0.15) is 0 Å². The molecule has 3 heteroatoms. The Morgan fingerprint density at radius 2 is 1.06 bits per heavy atom. The summed E-state index contributed by atoms with van der Waals surface area (Å²) in [6, 6.07) is 27.9. The van der Waals surface area contributed by atoms with Gasteiger partial charge in [-0.05, 0) is 0 Å². The zero-order chi connectivity index (χ0) is 22.9. The molecule has 0 N–H and O–H groups in total. The molecule has 0 nitrogen and oxygen atoms in total. The second kappa shape index (κ2) is 9.90. The van der Waals surface area contributed by atoms with E-state index in [1.807, 2.05) is 0 Å². The third kappa shape index (κ3) is 3.57. The van der Waals surface area contributed by atoms with E-state index in [1.54, 1.807) is 41.8 Å². The van der Waals surface area contributed by atoms with Crippen molar-refractivity contribution in [1.29, 1.82) is 0 Å². The Morgan fingerprint density at radius 1 is 0.611 bits per heavy atom. The topological polar surface area (TPSA) is 0 Å². The first-order valence-corrected chi connectivity index (χ1v) is 22.4. The van der Waals surface area contributed by atoms with E-state index in [-0.39, 0.29) is 24.8 Å². The predicted molar refractivity (Wildman–Crippen MR) is 144 cm³/mol. The van der Waals surface area contributed by atoms with E-state index in [0.717, 1.165) is 7.35 Å². The van der Waals surface area contributed by atoms with Gasteiger partial charge in [-0.25, -0.2) is 0 Å². The van der Waals surface area contributed by atoms with E-state index in [9.17, 15) is 0 Å². The van der Waals surface area contributed by atoms with Crippen molar-refractivity contribution in [3.63, 3.8) is 0 Å². The predicted octanol–water partition coefficient (Wildman–Crippen LogP) is 3.79. The van der Waals surface area contributed by atoms with E-state index in [4.69, 9.17) is 0 Å². The third-order valence-corrected chi connectivity index (χ3v) is 31.7. The van der Waals surface area contributed by atoms with Gasteiger partial charge in [0.1, 0.15) is 0 Å². The molecular formula is C33H32Cl2Hf. The summed E-state index contributed by atoms with van der Waals surface area (Å²) in [7, 11) is 0. The first kappa shape index (κ1) is 26.0. The van der Waals surface area contributed by atoms with Crippen LogP contribution in [0.2, 0.25) is 8.35 Å². The molecule has 2 atom stereocenters. The molecule has 4 aromatic carbocycles. The van der Waals surface area contributed by atoms with Crippen LogP contribution in [0, 0.1) is 0 Å². The maximum atomic E-state index is 2.62. The Hall–Kier alpha value is -1.67. The van der Waals surface area contributed by atoms with Gasteiger partial charge in [-0.1, -0.05) is 0 Å². The molecule has 0 spiro atoms. The Labute approximate surface area is 232 Å². The number of hydrogen-bond donors (Lipinski definition) is 0. The summed E-state index contributed by atoms with van der Waals surface area (Å²) in [5, 5.41) is 5.69. The molecule has 0 bridgehead atoms. The molecule has 2 unspecified atom stereocenters. The minimum absolute atomic E-state index is 0. The summed E-state index contributed by atoms with van der Waals surface area (Å²) in [5.41, 5.74) is 9.95. The second-order valence-corrected chi connectivity index (χ2v) is 27.3. The maximum Gasteiger partial charge on any atom is -1.00 e. The van der Waals surface area contributed by atoms with E-state index in [1.165, 1.54) is 40.8 Å². The van der Waals surface area contributed by atoms with Crippen LogP contribution >= 0.6 is 0 Å². The molecule has 36 heavy (non-hydrogen) atoms. The van der Waals surface area contributed by atoms with Crippen molar-refractivity contribution in [2.24, 2.45) is 0 Å². The largest absolute Gasteiger partial charge is 1.00 e. The van der Waals surface area contributed by atoms with Gasteiger partial charge in [0.25, 0.3) is 0 Å². The molecule has 4 aromatic rings. The van der Waals surface area contributed by atoms with Gasteiger partial charge in [0, 0.05) is 0 Å². The summed E-state index contributed by atoms with van der Waals surface area (Å²) in [6.07, 6.45) is 9.08. The van der Waals surface area contributed by atoms with Gasteiger partial charge < -0.3 is 24.8 Å². The molecule has 2 aliphatic carbocycles. The standard InChI is InChI=1S/2C15H13.C3H6.2ClH.Hf/c2*1-2-11-9-13-8-7-12-5-3-4-6-14(12)15(13)10-11;1-3-2;;;/h2*3-10H,2H2,1H3;1-3H2;2*1H;/q;;;;;+2/p-2. The average molecular weight is 678 g/mol. The molecular weight excluding hydrogens is 646 g/mol. The Balaban J connectivity index is 0.00000133. The molecule has 0 radical (unpaired) electrons. The van der Waals surface area contributed by atoms with Gasteiger partial charge in [-0.3, -0.25) is 0 Å². The number of halogens is 2. The number of hydrogen-bond acceptors (Lipinski definition) is 0.